The highest BCUT2D eigenvalue weighted by atomic mass is 35.6. The molecular formula is C15H19ClO2Si. The Labute approximate surface area is 119 Å². The van der Waals surface area contributed by atoms with Crippen LogP contribution in [0.2, 0.25) is 18.6 Å². The fourth-order valence-corrected chi connectivity index (χ4v) is 3.05. The summed E-state index contributed by atoms with van der Waals surface area (Å²) in [5, 5.41) is 0.999. The minimum Gasteiger partial charge on any atom is -0.423 e. The van der Waals surface area contributed by atoms with Gasteiger partial charge < -0.3 is 4.42 Å². The maximum Gasteiger partial charge on any atom is 0.336 e. The van der Waals surface area contributed by atoms with E-state index >= 15 is 0 Å². The lowest BCUT2D eigenvalue weighted by Crippen LogP contribution is -2.24. The van der Waals surface area contributed by atoms with Crippen molar-refractivity contribution in [1.29, 1.82) is 0 Å². The molecule has 0 spiro atoms. The first-order valence-corrected chi connectivity index (χ1v) is 10.6. The summed E-state index contributed by atoms with van der Waals surface area (Å²) < 4.78 is 5.27. The van der Waals surface area contributed by atoms with Crippen molar-refractivity contribution >= 4 is 29.4 Å². The molecular weight excluding hydrogens is 276 g/mol. The lowest BCUT2D eigenvalue weighted by atomic mass is 10.1. The third-order valence-electron chi connectivity index (χ3n) is 3.73. The van der Waals surface area contributed by atoms with Crippen LogP contribution in [0.1, 0.15) is 18.1 Å². The van der Waals surface area contributed by atoms with Crippen molar-refractivity contribution in [2.45, 2.75) is 38.9 Å². The van der Waals surface area contributed by atoms with E-state index in [1.807, 2.05) is 19.1 Å². The fourth-order valence-electron chi connectivity index (χ4n) is 2.09. The third kappa shape index (κ3) is 3.28. The average Bonchev–Trinajstić information content (AvgIpc) is 2.26. The van der Waals surface area contributed by atoms with Gasteiger partial charge in [0.25, 0.3) is 0 Å². The summed E-state index contributed by atoms with van der Waals surface area (Å²) in [6.07, 6.45) is 0.927. The van der Waals surface area contributed by atoms with E-state index in [0.29, 0.717) is 11.1 Å². The van der Waals surface area contributed by atoms with E-state index in [4.69, 9.17) is 15.5 Å². The molecule has 1 atom stereocenters. The normalized spacial score (nSPS) is 13.7. The fraction of sp³-hybridized carbons (Fsp3) is 0.400. The minimum absolute atomic E-state index is 0.290. The highest BCUT2D eigenvalue weighted by Crippen LogP contribution is 2.29. The standard InChI is InChI=1S/C15H19ClO2Si/c1-10-7-15(17)18-14-9-12(5-6-13(10)14)8-11(2)19(3,4)16/h5-7,9,11H,8H2,1-4H3. The van der Waals surface area contributed by atoms with Crippen molar-refractivity contribution in [3.8, 4) is 0 Å². The van der Waals surface area contributed by atoms with Crippen LogP contribution in [0.3, 0.4) is 0 Å². The van der Waals surface area contributed by atoms with Crippen molar-refractivity contribution in [3.63, 3.8) is 0 Å². The largest absolute Gasteiger partial charge is 0.423 e. The van der Waals surface area contributed by atoms with Gasteiger partial charge in [-0.15, -0.1) is 0 Å². The van der Waals surface area contributed by atoms with Gasteiger partial charge in [0.1, 0.15) is 5.58 Å². The zero-order chi connectivity index (χ0) is 14.2. The molecule has 2 nitrogen and oxygen atoms in total. The van der Waals surface area contributed by atoms with E-state index in [2.05, 4.69) is 26.1 Å². The van der Waals surface area contributed by atoms with Crippen molar-refractivity contribution in [2.75, 3.05) is 0 Å². The zero-order valence-electron chi connectivity index (χ0n) is 11.8. The van der Waals surface area contributed by atoms with Crippen molar-refractivity contribution in [3.05, 3.63) is 45.8 Å². The van der Waals surface area contributed by atoms with Gasteiger partial charge in [0.2, 0.25) is 0 Å². The molecule has 1 aromatic carbocycles. The Bertz CT molecular complexity index is 655. The molecule has 0 aliphatic rings. The molecule has 19 heavy (non-hydrogen) atoms. The summed E-state index contributed by atoms with van der Waals surface area (Å²) in [7, 11) is -1.65. The first-order valence-electron chi connectivity index (χ1n) is 6.49. The molecule has 0 radical (unpaired) electrons. The molecule has 4 heteroatoms. The predicted octanol–water partition coefficient (Wildman–Crippen LogP) is 4.48. The zero-order valence-corrected chi connectivity index (χ0v) is 13.5. The van der Waals surface area contributed by atoms with Crippen molar-refractivity contribution in [2.24, 2.45) is 0 Å². The molecule has 1 heterocycles. The molecule has 0 N–H and O–H groups in total. The Morgan fingerprint density at radius 1 is 1.32 bits per heavy atom. The van der Waals surface area contributed by atoms with Crippen LogP contribution < -0.4 is 5.63 Å². The first kappa shape index (κ1) is 14.3. The van der Waals surface area contributed by atoms with Crippen LogP contribution in [0.15, 0.2) is 33.5 Å². The third-order valence-corrected chi connectivity index (χ3v) is 7.39. The molecule has 0 amide bonds. The lowest BCUT2D eigenvalue weighted by Gasteiger charge is -2.22. The number of halogens is 1. The van der Waals surface area contributed by atoms with Gasteiger partial charge in [-0.2, -0.15) is 11.1 Å². The second-order valence-electron chi connectivity index (χ2n) is 5.75. The average molecular weight is 295 g/mol. The van der Waals surface area contributed by atoms with E-state index in [-0.39, 0.29) is 5.63 Å². The Hall–Kier alpha value is -1.06. The first-order chi connectivity index (χ1) is 8.77. The van der Waals surface area contributed by atoms with Gasteiger partial charge in [-0.05, 0) is 36.1 Å². The van der Waals surface area contributed by atoms with Gasteiger partial charge in [0, 0.05) is 11.5 Å². The topological polar surface area (TPSA) is 30.2 Å². The monoisotopic (exact) mass is 294 g/mol. The highest BCUT2D eigenvalue weighted by molar-refractivity contribution is 7.19. The van der Waals surface area contributed by atoms with Gasteiger partial charge in [0.05, 0.1) is 0 Å². The van der Waals surface area contributed by atoms with Gasteiger partial charge in [0.15, 0.2) is 7.38 Å². The van der Waals surface area contributed by atoms with Crippen LogP contribution >= 0.6 is 11.1 Å². The molecule has 0 bridgehead atoms. The summed E-state index contributed by atoms with van der Waals surface area (Å²) in [5.74, 6) is 0. The number of hydrogen-bond donors (Lipinski definition) is 0. The molecule has 0 saturated carbocycles. The molecule has 0 aliphatic carbocycles. The quantitative estimate of drug-likeness (QED) is 0.475. The molecule has 1 unspecified atom stereocenters. The van der Waals surface area contributed by atoms with E-state index in [0.717, 1.165) is 17.4 Å². The van der Waals surface area contributed by atoms with Crippen molar-refractivity contribution < 1.29 is 4.42 Å². The second kappa shape index (κ2) is 5.14. The summed E-state index contributed by atoms with van der Waals surface area (Å²) in [6.45, 7) is 8.43. The summed E-state index contributed by atoms with van der Waals surface area (Å²) in [4.78, 5) is 11.4. The van der Waals surface area contributed by atoms with Gasteiger partial charge >= 0.3 is 5.63 Å². The minimum atomic E-state index is -1.65. The molecule has 1 aromatic heterocycles. The molecule has 0 fully saturated rings. The number of fused-ring (bicyclic) bond motifs is 1. The SMILES string of the molecule is Cc1cc(=O)oc2cc(CC(C)[Si](C)(C)Cl)ccc12. The van der Waals surface area contributed by atoms with Crippen LogP contribution in [-0.2, 0) is 6.42 Å². The number of benzene rings is 1. The van der Waals surface area contributed by atoms with E-state index in [1.165, 1.54) is 11.6 Å². The molecule has 102 valence electrons. The Kier molecular flexibility index (Phi) is 3.88. The molecule has 0 saturated heterocycles. The van der Waals surface area contributed by atoms with Crippen LogP contribution in [0.5, 0.6) is 0 Å². The molecule has 0 aliphatic heterocycles. The maximum absolute atomic E-state index is 11.4. The van der Waals surface area contributed by atoms with Crippen LogP contribution in [0.25, 0.3) is 11.0 Å². The van der Waals surface area contributed by atoms with Gasteiger partial charge in [-0.25, -0.2) is 4.79 Å². The number of rotatable bonds is 3. The second-order valence-corrected chi connectivity index (χ2v) is 12.8. The molecule has 2 aromatic rings. The van der Waals surface area contributed by atoms with Crippen LogP contribution in [-0.4, -0.2) is 7.38 Å². The summed E-state index contributed by atoms with van der Waals surface area (Å²) in [6, 6.07) is 7.62. The number of aryl methyl sites for hydroxylation is 1. The maximum atomic E-state index is 11.4. The van der Waals surface area contributed by atoms with E-state index in [9.17, 15) is 4.79 Å². The Morgan fingerprint density at radius 2 is 2.00 bits per heavy atom. The smallest absolute Gasteiger partial charge is 0.336 e. The summed E-state index contributed by atoms with van der Waals surface area (Å²) in [5.41, 5.74) is 2.99. The summed E-state index contributed by atoms with van der Waals surface area (Å²) >= 11 is 6.47. The van der Waals surface area contributed by atoms with Crippen LogP contribution in [0, 0.1) is 6.92 Å². The van der Waals surface area contributed by atoms with Gasteiger partial charge in [-0.1, -0.05) is 32.2 Å². The Balaban J connectivity index is 2.40. The van der Waals surface area contributed by atoms with Crippen LogP contribution in [0.4, 0.5) is 0 Å². The van der Waals surface area contributed by atoms with Gasteiger partial charge in [-0.3, -0.25) is 0 Å². The Morgan fingerprint density at radius 3 is 2.63 bits per heavy atom. The predicted molar refractivity (Wildman–Crippen MR) is 83.7 cm³/mol. The van der Waals surface area contributed by atoms with E-state index < -0.39 is 7.38 Å². The molecule has 2 rings (SSSR count). The van der Waals surface area contributed by atoms with Crippen molar-refractivity contribution in [1.82, 2.24) is 0 Å². The highest BCUT2D eigenvalue weighted by Gasteiger charge is 2.25. The number of hydrogen-bond acceptors (Lipinski definition) is 2. The van der Waals surface area contributed by atoms with E-state index in [1.54, 1.807) is 0 Å². The lowest BCUT2D eigenvalue weighted by molar-refractivity contribution is 0.559.